The summed E-state index contributed by atoms with van der Waals surface area (Å²) in [6.45, 7) is 3.38. The van der Waals surface area contributed by atoms with E-state index in [0.717, 1.165) is 23.0 Å². The van der Waals surface area contributed by atoms with Crippen LogP contribution in [0.2, 0.25) is 0 Å². The molecule has 4 heterocycles. The molecule has 4 nitrogen and oxygen atoms in total. The number of nitrogens with one attached hydrogen (secondary N) is 1. The van der Waals surface area contributed by atoms with Crippen LogP contribution in [0.1, 0.15) is 23.2 Å². The first kappa shape index (κ1) is 12.8. The second-order valence-corrected chi connectivity index (χ2v) is 6.09. The first-order valence-corrected chi connectivity index (χ1v) is 7.68. The number of hydrogen-bond acceptors (Lipinski definition) is 3. The number of amides is 1. The maximum Gasteiger partial charge on any atom is 0.252 e. The minimum Gasteiger partial charge on any atom is -0.348 e. The summed E-state index contributed by atoms with van der Waals surface area (Å²) in [5.74, 6) is 0.680. The van der Waals surface area contributed by atoms with Gasteiger partial charge in [-0.25, -0.2) is 0 Å². The molecule has 3 fully saturated rings. The van der Waals surface area contributed by atoms with Crippen molar-refractivity contribution in [2.45, 2.75) is 18.9 Å². The maximum atomic E-state index is 12.6. The summed E-state index contributed by atoms with van der Waals surface area (Å²) in [5.41, 5.74) is 1.61. The predicted octanol–water partition coefficient (Wildman–Crippen LogP) is 2.06. The number of piperidine rings is 3. The van der Waals surface area contributed by atoms with Crippen molar-refractivity contribution in [3.8, 4) is 0 Å². The smallest absolute Gasteiger partial charge is 0.252 e. The summed E-state index contributed by atoms with van der Waals surface area (Å²) < 4.78 is 0. The highest BCUT2D eigenvalue weighted by molar-refractivity contribution is 6.06. The Kier molecular flexibility index (Phi) is 3.11. The zero-order valence-electron chi connectivity index (χ0n) is 12.0. The van der Waals surface area contributed by atoms with Gasteiger partial charge in [-0.05, 0) is 44.0 Å². The topological polar surface area (TPSA) is 45.2 Å². The van der Waals surface area contributed by atoms with Crippen LogP contribution < -0.4 is 5.32 Å². The van der Waals surface area contributed by atoms with Crippen LogP contribution in [0.25, 0.3) is 10.9 Å². The van der Waals surface area contributed by atoms with Gasteiger partial charge < -0.3 is 10.2 Å². The number of aromatic nitrogens is 1. The van der Waals surface area contributed by atoms with Crippen molar-refractivity contribution in [2.75, 3.05) is 19.6 Å². The van der Waals surface area contributed by atoms with Crippen LogP contribution >= 0.6 is 0 Å². The standard InChI is InChI=1S/C17H19N3O/c21-17(19-16-11-20-9-6-12(16)7-10-20)14-5-8-18-15-4-2-1-3-13(14)15/h1-5,8,12,16H,6-7,9-11H2,(H,19,21). The van der Waals surface area contributed by atoms with Gasteiger partial charge in [-0.1, -0.05) is 18.2 Å². The predicted molar refractivity (Wildman–Crippen MR) is 82.2 cm³/mol. The number of para-hydroxylation sites is 1. The van der Waals surface area contributed by atoms with Crippen molar-refractivity contribution in [1.29, 1.82) is 0 Å². The van der Waals surface area contributed by atoms with E-state index in [1.165, 1.54) is 25.9 Å². The minimum atomic E-state index is 0.0346. The Morgan fingerprint density at radius 1 is 1.19 bits per heavy atom. The third-order valence-electron chi connectivity index (χ3n) is 4.87. The number of nitrogens with zero attached hydrogens (tertiary/aromatic N) is 2. The van der Waals surface area contributed by atoms with E-state index in [2.05, 4.69) is 15.2 Å². The van der Waals surface area contributed by atoms with E-state index in [0.29, 0.717) is 12.0 Å². The van der Waals surface area contributed by atoms with Gasteiger partial charge in [0.1, 0.15) is 0 Å². The van der Waals surface area contributed by atoms with Crippen LogP contribution in [-0.2, 0) is 0 Å². The Morgan fingerprint density at radius 2 is 2.00 bits per heavy atom. The second-order valence-electron chi connectivity index (χ2n) is 6.09. The van der Waals surface area contributed by atoms with Crippen molar-refractivity contribution in [3.63, 3.8) is 0 Å². The van der Waals surface area contributed by atoms with E-state index in [1.54, 1.807) is 6.20 Å². The lowest BCUT2D eigenvalue weighted by Gasteiger charge is -2.44. The molecule has 0 aliphatic carbocycles. The van der Waals surface area contributed by atoms with E-state index in [1.807, 2.05) is 30.3 Å². The molecule has 1 aromatic heterocycles. The average Bonchev–Trinajstić information content (AvgIpc) is 2.55. The van der Waals surface area contributed by atoms with Crippen LogP contribution in [0.5, 0.6) is 0 Å². The van der Waals surface area contributed by atoms with Crippen LogP contribution in [0.15, 0.2) is 36.5 Å². The Labute approximate surface area is 124 Å². The third-order valence-corrected chi connectivity index (χ3v) is 4.87. The Bertz CT molecular complexity index is 671. The molecule has 0 radical (unpaired) electrons. The fraction of sp³-hybridized carbons (Fsp3) is 0.412. The van der Waals surface area contributed by atoms with Gasteiger partial charge in [-0.2, -0.15) is 0 Å². The molecule has 1 N–H and O–H groups in total. The van der Waals surface area contributed by atoms with E-state index >= 15 is 0 Å². The molecule has 0 spiro atoms. The Balaban J connectivity index is 1.59. The molecule has 1 aromatic carbocycles. The number of carbonyl (C=O) groups excluding carboxylic acids is 1. The van der Waals surface area contributed by atoms with Crippen molar-refractivity contribution in [3.05, 3.63) is 42.1 Å². The zero-order chi connectivity index (χ0) is 14.2. The molecule has 3 saturated heterocycles. The van der Waals surface area contributed by atoms with E-state index in [-0.39, 0.29) is 5.91 Å². The number of hydrogen-bond donors (Lipinski definition) is 1. The van der Waals surface area contributed by atoms with Gasteiger partial charge in [0.2, 0.25) is 0 Å². The maximum absolute atomic E-state index is 12.6. The lowest BCUT2D eigenvalue weighted by molar-refractivity contribution is 0.0621. The summed E-state index contributed by atoms with van der Waals surface area (Å²) in [5, 5.41) is 4.18. The highest BCUT2D eigenvalue weighted by Gasteiger charge is 2.35. The summed E-state index contributed by atoms with van der Waals surface area (Å²) >= 11 is 0. The largest absolute Gasteiger partial charge is 0.348 e. The Hall–Kier alpha value is -1.94. The minimum absolute atomic E-state index is 0.0346. The van der Waals surface area contributed by atoms with E-state index in [9.17, 15) is 4.79 Å². The molecule has 108 valence electrons. The number of carbonyl (C=O) groups is 1. The van der Waals surface area contributed by atoms with Gasteiger partial charge in [0.05, 0.1) is 11.1 Å². The fourth-order valence-electron chi connectivity index (χ4n) is 3.67. The van der Waals surface area contributed by atoms with Gasteiger partial charge in [0, 0.05) is 24.2 Å². The van der Waals surface area contributed by atoms with Gasteiger partial charge in [0.15, 0.2) is 0 Å². The number of pyridine rings is 1. The summed E-state index contributed by atoms with van der Waals surface area (Å²) in [6, 6.07) is 9.93. The molecule has 1 unspecified atom stereocenters. The lowest BCUT2D eigenvalue weighted by atomic mass is 9.84. The molecule has 21 heavy (non-hydrogen) atoms. The number of rotatable bonds is 2. The van der Waals surface area contributed by atoms with Gasteiger partial charge in [-0.15, -0.1) is 0 Å². The molecule has 1 atom stereocenters. The molecular formula is C17H19N3O. The van der Waals surface area contributed by atoms with Crippen molar-refractivity contribution < 1.29 is 4.79 Å². The fourth-order valence-corrected chi connectivity index (χ4v) is 3.67. The molecule has 5 rings (SSSR count). The number of benzene rings is 1. The summed E-state index contributed by atoms with van der Waals surface area (Å²) in [4.78, 5) is 19.4. The van der Waals surface area contributed by atoms with Crippen molar-refractivity contribution >= 4 is 16.8 Å². The second kappa shape index (κ2) is 5.11. The van der Waals surface area contributed by atoms with Crippen molar-refractivity contribution in [2.24, 2.45) is 5.92 Å². The van der Waals surface area contributed by atoms with Gasteiger partial charge >= 0.3 is 0 Å². The van der Waals surface area contributed by atoms with Gasteiger partial charge in [0.25, 0.3) is 5.91 Å². The monoisotopic (exact) mass is 281 g/mol. The average molecular weight is 281 g/mol. The molecule has 3 aliphatic rings. The molecule has 3 aliphatic heterocycles. The molecule has 2 aromatic rings. The molecule has 4 heteroatoms. The molecule has 0 saturated carbocycles. The van der Waals surface area contributed by atoms with E-state index < -0.39 is 0 Å². The highest BCUT2D eigenvalue weighted by atomic mass is 16.1. The summed E-state index contributed by atoms with van der Waals surface area (Å²) in [7, 11) is 0. The van der Waals surface area contributed by atoms with Crippen LogP contribution in [0, 0.1) is 5.92 Å². The molecule has 1 amide bonds. The summed E-state index contributed by atoms with van der Waals surface area (Å²) in [6.07, 6.45) is 4.14. The van der Waals surface area contributed by atoms with Crippen molar-refractivity contribution in [1.82, 2.24) is 15.2 Å². The molecular weight excluding hydrogens is 262 g/mol. The Morgan fingerprint density at radius 3 is 2.76 bits per heavy atom. The van der Waals surface area contributed by atoms with Crippen LogP contribution in [0.4, 0.5) is 0 Å². The number of fused-ring (bicyclic) bond motifs is 4. The third kappa shape index (κ3) is 2.29. The van der Waals surface area contributed by atoms with Crippen LogP contribution in [0.3, 0.4) is 0 Å². The van der Waals surface area contributed by atoms with Crippen LogP contribution in [-0.4, -0.2) is 41.5 Å². The lowest BCUT2D eigenvalue weighted by Crippen LogP contribution is -2.57. The molecule has 2 bridgehead atoms. The quantitative estimate of drug-likeness (QED) is 0.916. The normalized spacial score (nSPS) is 27.7. The first-order chi connectivity index (χ1) is 10.3. The zero-order valence-corrected chi connectivity index (χ0v) is 12.0. The van der Waals surface area contributed by atoms with E-state index in [4.69, 9.17) is 0 Å². The SMILES string of the molecule is O=C(NC1CN2CCC1CC2)c1ccnc2ccccc12. The first-order valence-electron chi connectivity index (χ1n) is 7.68. The highest BCUT2D eigenvalue weighted by Crippen LogP contribution is 2.28. The van der Waals surface area contributed by atoms with Gasteiger partial charge in [-0.3, -0.25) is 9.78 Å².